The molecule has 2 fully saturated rings. The number of aromatic nitrogens is 2. The highest BCUT2D eigenvalue weighted by atomic mass is 31.2. The maximum atomic E-state index is 13.6. The predicted molar refractivity (Wildman–Crippen MR) is 185 cm³/mol. The zero-order chi connectivity index (χ0) is 35.8. The lowest BCUT2D eigenvalue weighted by Gasteiger charge is -2.44. The average molecular weight is 718 g/mol. The molecule has 13 nitrogen and oxygen atoms in total. The van der Waals surface area contributed by atoms with Gasteiger partial charge in [0.1, 0.15) is 30.2 Å². The molecule has 47 heavy (non-hydrogen) atoms. The predicted octanol–water partition coefficient (Wildman–Crippen LogP) is 6.22. The first kappa shape index (κ1) is 39.7. The molecule has 0 spiro atoms. The molecular weight excluding hydrogens is 661 g/mol. The Morgan fingerprint density at radius 2 is 1.51 bits per heavy atom. The average Bonchev–Trinajstić information content (AvgIpc) is 3.23. The van der Waals surface area contributed by atoms with Gasteiger partial charge in [0.25, 0.3) is 0 Å². The summed E-state index contributed by atoms with van der Waals surface area (Å²) in [4.78, 5) is 42.7. The molecule has 16 heteroatoms. The van der Waals surface area contributed by atoms with Crippen molar-refractivity contribution in [1.29, 1.82) is 0 Å². The summed E-state index contributed by atoms with van der Waals surface area (Å²) in [5, 5.41) is 2.16. The van der Waals surface area contributed by atoms with Crippen molar-refractivity contribution < 1.29 is 41.5 Å². The van der Waals surface area contributed by atoms with Crippen LogP contribution in [0.2, 0.25) is 36.3 Å². The van der Waals surface area contributed by atoms with Crippen molar-refractivity contribution >= 4 is 41.9 Å². The van der Waals surface area contributed by atoms with Crippen LogP contribution in [0.1, 0.15) is 81.4 Å². The summed E-state index contributed by atoms with van der Waals surface area (Å²) in [6.45, 7) is 26.2. The molecule has 268 valence electrons. The maximum Gasteiger partial charge on any atom is 0.351 e. The largest absolute Gasteiger partial charge is 0.459 e. The lowest BCUT2D eigenvalue weighted by atomic mass is 9.98. The van der Waals surface area contributed by atoms with Crippen molar-refractivity contribution in [2.75, 3.05) is 18.5 Å². The Morgan fingerprint density at radius 1 is 0.979 bits per heavy atom. The van der Waals surface area contributed by atoms with E-state index in [4.69, 9.17) is 27.4 Å². The van der Waals surface area contributed by atoms with E-state index in [0.29, 0.717) is 6.42 Å². The van der Waals surface area contributed by atoms with Crippen molar-refractivity contribution in [1.82, 2.24) is 9.55 Å². The highest BCUT2D eigenvalue weighted by Crippen LogP contribution is 2.57. The monoisotopic (exact) mass is 717 g/mol. The van der Waals surface area contributed by atoms with Gasteiger partial charge in [-0.25, -0.2) is 4.79 Å². The fraction of sp³-hybridized carbons (Fsp3) is 0.806. The fourth-order valence-corrected chi connectivity index (χ4v) is 9.69. The summed E-state index contributed by atoms with van der Waals surface area (Å²) in [5.41, 5.74) is -1.71. The van der Waals surface area contributed by atoms with Crippen LogP contribution >= 0.6 is 7.60 Å². The zero-order valence-electron chi connectivity index (χ0n) is 30.4. The molecule has 1 amide bonds. The van der Waals surface area contributed by atoms with Crippen LogP contribution in [0.5, 0.6) is 0 Å². The van der Waals surface area contributed by atoms with Gasteiger partial charge in [-0.1, -0.05) is 41.5 Å². The Bertz CT molecular complexity index is 1380. The van der Waals surface area contributed by atoms with Gasteiger partial charge in [0.15, 0.2) is 28.5 Å². The number of rotatable bonds is 12. The molecule has 0 saturated carbocycles. The first-order chi connectivity index (χ1) is 21.5. The molecular formula is C31H56N3O10PSi2. The molecule has 2 saturated heterocycles. The van der Waals surface area contributed by atoms with Gasteiger partial charge >= 0.3 is 19.3 Å². The van der Waals surface area contributed by atoms with Crippen molar-refractivity contribution in [3.63, 3.8) is 0 Å². The van der Waals surface area contributed by atoms with E-state index >= 15 is 0 Å². The number of hydrogen-bond donors (Lipinski definition) is 1. The van der Waals surface area contributed by atoms with Gasteiger partial charge in [0.05, 0.1) is 13.2 Å². The van der Waals surface area contributed by atoms with E-state index in [1.54, 1.807) is 13.8 Å². The van der Waals surface area contributed by atoms with E-state index < -0.39 is 72.2 Å². The molecule has 2 aliphatic heterocycles. The molecule has 0 bridgehead atoms. The molecule has 3 rings (SSSR count). The van der Waals surface area contributed by atoms with Gasteiger partial charge in [-0.2, -0.15) is 4.98 Å². The number of carbonyl (C=O) groups excluding carboxylic acids is 2. The molecule has 1 unspecified atom stereocenters. The van der Waals surface area contributed by atoms with Crippen LogP contribution in [0.3, 0.4) is 0 Å². The van der Waals surface area contributed by atoms with Crippen LogP contribution in [-0.2, 0) is 41.5 Å². The SMILES string of the molecule is CCOP(=O)(OCC)C1CC[C@@H]([C@H]2O[C@@H](n3ccc(NC(C)=O)nc3=O)[C@H](O[Si](C)(C)C(C)(C)C)[C@@H]2O[Si](C)(C)C(C)(C)C)OC1=O. The highest BCUT2D eigenvalue weighted by molar-refractivity contribution is 7.55. The number of amides is 1. The molecule has 0 radical (unpaired) electrons. The number of nitrogens with zero attached hydrogens (tertiary/aromatic N) is 2. The smallest absolute Gasteiger partial charge is 0.351 e. The molecule has 0 aromatic carbocycles. The molecule has 1 aromatic rings. The van der Waals surface area contributed by atoms with Crippen LogP contribution in [0.25, 0.3) is 0 Å². The van der Waals surface area contributed by atoms with Crippen molar-refractivity contribution in [3.05, 3.63) is 22.7 Å². The second kappa shape index (κ2) is 14.6. The lowest BCUT2D eigenvalue weighted by Crippen LogP contribution is -2.56. The minimum absolute atomic E-state index is 0.115. The second-order valence-electron chi connectivity index (χ2n) is 15.3. The zero-order valence-corrected chi connectivity index (χ0v) is 33.3. The van der Waals surface area contributed by atoms with E-state index in [2.05, 4.69) is 78.0 Å². The summed E-state index contributed by atoms with van der Waals surface area (Å²) in [5.74, 6) is -0.932. The van der Waals surface area contributed by atoms with Gasteiger partial charge in [-0.3, -0.25) is 18.7 Å². The number of anilines is 1. The minimum Gasteiger partial charge on any atom is -0.459 e. The number of ether oxygens (including phenoxy) is 2. The second-order valence-corrected chi connectivity index (χ2v) is 27.0. The summed E-state index contributed by atoms with van der Waals surface area (Å²) in [6, 6.07) is 1.52. The fourth-order valence-electron chi connectivity index (χ4n) is 5.16. The molecule has 3 heterocycles. The van der Waals surface area contributed by atoms with Crippen LogP contribution in [0, 0.1) is 0 Å². The van der Waals surface area contributed by atoms with Gasteiger partial charge in [-0.15, -0.1) is 0 Å². The summed E-state index contributed by atoms with van der Waals surface area (Å²) in [6.07, 6.45) is -2.08. The van der Waals surface area contributed by atoms with Crippen LogP contribution in [0.4, 0.5) is 5.82 Å². The van der Waals surface area contributed by atoms with Crippen LogP contribution in [-0.4, -0.2) is 81.4 Å². The number of esters is 1. The van der Waals surface area contributed by atoms with Crippen molar-refractivity contribution in [2.45, 2.75) is 148 Å². The molecule has 2 aliphatic rings. The van der Waals surface area contributed by atoms with E-state index in [0.717, 1.165) is 0 Å². The van der Waals surface area contributed by atoms with Crippen LogP contribution < -0.4 is 11.0 Å². The Balaban J connectivity index is 2.13. The first-order valence-corrected chi connectivity index (χ1v) is 23.9. The summed E-state index contributed by atoms with van der Waals surface area (Å²) < 4.78 is 52.8. The van der Waals surface area contributed by atoms with Crippen molar-refractivity contribution in [3.8, 4) is 0 Å². The summed E-state index contributed by atoms with van der Waals surface area (Å²) in [7, 11) is -8.79. The van der Waals surface area contributed by atoms with E-state index in [-0.39, 0.29) is 41.4 Å². The van der Waals surface area contributed by atoms with E-state index in [9.17, 15) is 18.9 Å². The number of nitrogens with one attached hydrogen (secondary N) is 1. The Kier molecular flexibility index (Phi) is 12.4. The Hall–Kier alpha value is -1.72. The summed E-state index contributed by atoms with van der Waals surface area (Å²) >= 11 is 0. The highest BCUT2D eigenvalue weighted by Gasteiger charge is 2.58. The Morgan fingerprint density at radius 3 is 1.96 bits per heavy atom. The van der Waals surface area contributed by atoms with Gasteiger partial charge < -0.3 is 32.7 Å². The van der Waals surface area contributed by atoms with Gasteiger partial charge in [0, 0.05) is 13.1 Å². The molecule has 1 N–H and O–H groups in total. The van der Waals surface area contributed by atoms with E-state index in [1.807, 2.05) is 0 Å². The third-order valence-electron chi connectivity index (χ3n) is 9.74. The number of carbonyl (C=O) groups is 2. The Labute approximate surface area is 281 Å². The van der Waals surface area contributed by atoms with E-state index in [1.165, 1.54) is 23.8 Å². The normalized spacial score (nSPS) is 26.3. The number of cyclic esters (lactones) is 1. The standard InChI is InChI=1S/C31H56N3O10PSi2/c1-14-39-45(38,40-15-2)22-17-16-21(41-28(22)36)24-25(43-46(10,11)30(4,5)6)26(44-47(12,13)31(7,8)9)27(42-24)34-19-18-23(32-20(3)35)33-29(34)37/h18-19,21-22,24-27H,14-17H2,1-13H3,(H,32,33,35,37)/t21-,22?,24+,25+,26+,27+/m0/s1. The molecule has 6 atom stereocenters. The third-order valence-corrected chi connectivity index (χ3v) is 21.2. The van der Waals surface area contributed by atoms with Gasteiger partial charge in [-0.05, 0) is 69.0 Å². The minimum atomic E-state index is -3.76. The molecule has 0 aliphatic carbocycles. The first-order valence-electron chi connectivity index (χ1n) is 16.4. The number of hydrogen-bond acceptors (Lipinski definition) is 11. The van der Waals surface area contributed by atoms with Crippen molar-refractivity contribution in [2.24, 2.45) is 0 Å². The third kappa shape index (κ3) is 8.91. The molecule has 1 aromatic heterocycles. The topological polar surface area (TPSA) is 154 Å². The maximum absolute atomic E-state index is 13.6. The quantitative estimate of drug-likeness (QED) is 0.149. The van der Waals surface area contributed by atoms with Gasteiger partial charge in [0.2, 0.25) is 5.91 Å². The lowest BCUT2D eigenvalue weighted by molar-refractivity contribution is -0.168. The van der Waals surface area contributed by atoms with Crippen LogP contribution in [0.15, 0.2) is 17.1 Å².